The maximum atomic E-state index is 12.4. The van der Waals surface area contributed by atoms with Gasteiger partial charge in [0.25, 0.3) is 11.6 Å². The van der Waals surface area contributed by atoms with Gasteiger partial charge in [-0.1, -0.05) is 24.3 Å². The van der Waals surface area contributed by atoms with Crippen LogP contribution in [0.15, 0.2) is 42.5 Å². The zero-order valence-corrected chi connectivity index (χ0v) is 13.2. The number of benzene rings is 2. The highest BCUT2D eigenvalue weighted by Crippen LogP contribution is 2.26. The molecule has 0 fully saturated rings. The van der Waals surface area contributed by atoms with E-state index in [2.05, 4.69) is 5.32 Å². The molecule has 23 heavy (non-hydrogen) atoms. The monoisotopic (exact) mass is 314 g/mol. The fraction of sp³-hybridized carbons (Fsp3) is 0.235. The highest BCUT2D eigenvalue weighted by molar-refractivity contribution is 5.96. The smallest absolute Gasteiger partial charge is 0.273 e. The number of amides is 1. The van der Waals surface area contributed by atoms with E-state index in [4.69, 9.17) is 4.74 Å². The van der Waals surface area contributed by atoms with E-state index in [1.165, 1.54) is 12.1 Å². The molecule has 1 N–H and O–H groups in total. The SMILES string of the molecule is COc1ccccc1C(C)NC(=O)c1cccc([N+](=O)[O-])c1C. The standard InChI is InChI=1S/C17H18N2O4/c1-11-13(8-6-9-15(11)19(21)22)17(20)18-12(2)14-7-4-5-10-16(14)23-3/h4-10,12H,1-3H3,(H,18,20). The van der Waals surface area contributed by atoms with Crippen molar-refractivity contribution in [3.63, 3.8) is 0 Å². The summed E-state index contributed by atoms with van der Waals surface area (Å²) in [6.07, 6.45) is 0. The molecule has 6 heteroatoms. The molecule has 2 aromatic carbocycles. The highest BCUT2D eigenvalue weighted by Gasteiger charge is 2.20. The van der Waals surface area contributed by atoms with Crippen LogP contribution in [0.3, 0.4) is 0 Å². The van der Waals surface area contributed by atoms with Gasteiger partial charge in [-0.3, -0.25) is 14.9 Å². The van der Waals surface area contributed by atoms with E-state index in [0.29, 0.717) is 16.9 Å². The second kappa shape index (κ2) is 6.91. The second-order valence-corrected chi connectivity index (χ2v) is 5.14. The first-order chi connectivity index (χ1) is 11.0. The molecule has 0 aliphatic carbocycles. The Morgan fingerprint density at radius 2 is 1.91 bits per heavy atom. The summed E-state index contributed by atoms with van der Waals surface area (Å²) >= 11 is 0. The Morgan fingerprint density at radius 1 is 1.22 bits per heavy atom. The molecule has 1 unspecified atom stereocenters. The highest BCUT2D eigenvalue weighted by atomic mass is 16.6. The Labute approximate surface area is 134 Å². The lowest BCUT2D eigenvalue weighted by molar-refractivity contribution is -0.385. The number of nitrogens with zero attached hydrogens (tertiary/aromatic N) is 1. The van der Waals surface area contributed by atoms with E-state index in [0.717, 1.165) is 5.56 Å². The zero-order chi connectivity index (χ0) is 17.0. The van der Waals surface area contributed by atoms with Crippen LogP contribution in [0.4, 0.5) is 5.69 Å². The Kier molecular flexibility index (Phi) is 4.95. The third-order valence-corrected chi connectivity index (χ3v) is 3.70. The first-order valence-electron chi connectivity index (χ1n) is 7.13. The number of nitrogens with one attached hydrogen (secondary N) is 1. The van der Waals surface area contributed by atoms with Gasteiger partial charge >= 0.3 is 0 Å². The van der Waals surface area contributed by atoms with Crippen molar-refractivity contribution in [1.82, 2.24) is 5.32 Å². The molecule has 120 valence electrons. The fourth-order valence-corrected chi connectivity index (χ4v) is 2.44. The van der Waals surface area contributed by atoms with E-state index < -0.39 is 4.92 Å². The molecule has 0 saturated heterocycles. The minimum Gasteiger partial charge on any atom is -0.496 e. The molecule has 0 heterocycles. The maximum absolute atomic E-state index is 12.4. The average Bonchev–Trinajstić information content (AvgIpc) is 2.54. The van der Waals surface area contributed by atoms with Crippen LogP contribution >= 0.6 is 0 Å². The molecule has 6 nitrogen and oxygen atoms in total. The van der Waals surface area contributed by atoms with Crippen molar-refractivity contribution in [2.45, 2.75) is 19.9 Å². The van der Waals surface area contributed by atoms with E-state index in [-0.39, 0.29) is 17.6 Å². The molecule has 2 rings (SSSR count). The van der Waals surface area contributed by atoms with Crippen LogP contribution < -0.4 is 10.1 Å². The lowest BCUT2D eigenvalue weighted by Gasteiger charge is -2.17. The van der Waals surface area contributed by atoms with Crippen molar-refractivity contribution in [2.24, 2.45) is 0 Å². The first kappa shape index (κ1) is 16.5. The second-order valence-electron chi connectivity index (χ2n) is 5.14. The number of para-hydroxylation sites is 1. The zero-order valence-electron chi connectivity index (χ0n) is 13.2. The Balaban J connectivity index is 2.26. The predicted octanol–water partition coefficient (Wildman–Crippen LogP) is 3.40. The number of carbonyl (C=O) groups is 1. The van der Waals surface area contributed by atoms with Crippen LogP contribution in [0.1, 0.15) is 34.5 Å². The normalized spacial score (nSPS) is 11.6. The fourth-order valence-electron chi connectivity index (χ4n) is 2.44. The van der Waals surface area contributed by atoms with Gasteiger partial charge in [0, 0.05) is 22.8 Å². The van der Waals surface area contributed by atoms with Crippen molar-refractivity contribution >= 4 is 11.6 Å². The maximum Gasteiger partial charge on any atom is 0.273 e. The summed E-state index contributed by atoms with van der Waals surface area (Å²) in [5.74, 6) is 0.320. The lowest BCUT2D eigenvalue weighted by Crippen LogP contribution is -2.27. The molecule has 0 saturated carbocycles. The molecule has 2 aromatic rings. The topological polar surface area (TPSA) is 81.5 Å². The van der Waals surface area contributed by atoms with Crippen LogP contribution in [0, 0.1) is 17.0 Å². The summed E-state index contributed by atoms with van der Waals surface area (Å²) in [5.41, 5.74) is 1.41. The van der Waals surface area contributed by atoms with E-state index in [1.807, 2.05) is 31.2 Å². The number of rotatable bonds is 5. The van der Waals surface area contributed by atoms with Crippen LogP contribution in [0.25, 0.3) is 0 Å². The summed E-state index contributed by atoms with van der Waals surface area (Å²) in [6.45, 7) is 3.41. The van der Waals surface area contributed by atoms with Gasteiger partial charge in [-0.25, -0.2) is 0 Å². The molecular formula is C17H18N2O4. The van der Waals surface area contributed by atoms with Crippen LogP contribution in [-0.2, 0) is 0 Å². The Morgan fingerprint density at radius 3 is 2.57 bits per heavy atom. The van der Waals surface area contributed by atoms with Gasteiger partial charge in [-0.05, 0) is 26.0 Å². The van der Waals surface area contributed by atoms with E-state index >= 15 is 0 Å². The molecule has 0 bridgehead atoms. The third-order valence-electron chi connectivity index (χ3n) is 3.70. The molecule has 0 aliphatic heterocycles. The van der Waals surface area contributed by atoms with E-state index in [1.54, 1.807) is 20.1 Å². The molecule has 1 amide bonds. The van der Waals surface area contributed by atoms with Gasteiger partial charge < -0.3 is 10.1 Å². The first-order valence-corrected chi connectivity index (χ1v) is 7.13. The van der Waals surface area contributed by atoms with Gasteiger partial charge in [0.1, 0.15) is 5.75 Å². The molecular weight excluding hydrogens is 296 g/mol. The van der Waals surface area contributed by atoms with E-state index in [9.17, 15) is 14.9 Å². The van der Waals surface area contributed by atoms with Crippen LogP contribution in [-0.4, -0.2) is 17.9 Å². The summed E-state index contributed by atoms with van der Waals surface area (Å²) in [6, 6.07) is 11.6. The van der Waals surface area contributed by atoms with Gasteiger partial charge in [0.2, 0.25) is 0 Å². The molecule has 1 atom stereocenters. The van der Waals surface area contributed by atoms with Crippen molar-refractivity contribution < 1.29 is 14.5 Å². The van der Waals surface area contributed by atoms with Gasteiger partial charge in [0.05, 0.1) is 18.1 Å². The molecule has 0 aliphatic rings. The average molecular weight is 314 g/mol. The summed E-state index contributed by atoms with van der Waals surface area (Å²) in [7, 11) is 1.57. The van der Waals surface area contributed by atoms with Gasteiger partial charge in [-0.2, -0.15) is 0 Å². The summed E-state index contributed by atoms with van der Waals surface area (Å²) < 4.78 is 5.29. The van der Waals surface area contributed by atoms with Crippen LogP contribution in [0.5, 0.6) is 5.75 Å². The lowest BCUT2D eigenvalue weighted by atomic mass is 10.0. The number of ether oxygens (including phenoxy) is 1. The largest absolute Gasteiger partial charge is 0.496 e. The minimum absolute atomic E-state index is 0.0670. The summed E-state index contributed by atoms with van der Waals surface area (Å²) in [5, 5.41) is 13.8. The Bertz CT molecular complexity index is 743. The molecule has 0 radical (unpaired) electrons. The molecule has 0 spiro atoms. The number of methoxy groups -OCH3 is 1. The quantitative estimate of drug-likeness (QED) is 0.677. The van der Waals surface area contributed by atoms with Crippen LogP contribution in [0.2, 0.25) is 0 Å². The van der Waals surface area contributed by atoms with Crippen molar-refractivity contribution in [3.8, 4) is 5.75 Å². The number of hydrogen-bond donors (Lipinski definition) is 1. The van der Waals surface area contributed by atoms with Crippen molar-refractivity contribution in [2.75, 3.05) is 7.11 Å². The van der Waals surface area contributed by atoms with Gasteiger partial charge in [-0.15, -0.1) is 0 Å². The number of carbonyl (C=O) groups excluding carboxylic acids is 1. The Hall–Kier alpha value is -2.89. The molecule has 0 aromatic heterocycles. The number of nitro benzene ring substituents is 1. The van der Waals surface area contributed by atoms with Gasteiger partial charge in [0.15, 0.2) is 0 Å². The van der Waals surface area contributed by atoms with Crippen molar-refractivity contribution in [1.29, 1.82) is 0 Å². The van der Waals surface area contributed by atoms with Crippen molar-refractivity contribution in [3.05, 3.63) is 69.3 Å². The minimum atomic E-state index is -0.490. The predicted molar refractivity (Wildman–Crippen MR) is 86.7 cm³/mol. The number of nitro groups is 1. The third kappa shape index (κ3) is 3.48. The number of hydrogen-bond acceptors (Lipinski definition) is 4. The summed E-state index contributed by atoms with van der Waals surface area (Å²) in [4.78, 5) is 22.9.